The van der Waals surface area contributed by atoms with Crippen LogP contribution in [-0.2, 0) is 14.8 Å². The normalized spacial score (nSPS) is 16.2. The van der Waals surface area contributed by atoms with Gasteiger partial charge < -0.3 is 14.2 Å². The number of amides is 1. The van der Waals surface area contributed by atoms with Gasteiger partial charge in [-0.2, -0.15) is 9.29 Å². The van der Waals surface area contributed by atoms with E-state index >= 15 is 0 Å². The number of likely N-dealkylation sites (N-methyl/N-ethyl adjacent to an activating group) is 2. The summed E-state index contributed by atoms with van der Waals surface area (Å²) >= 11 is 18.1. The van der Waals surface area contributed by atoms with Crippen molar-refractivity contribution in [3.05, 3.63) is 57.4 Å². The van der Waals surface area contributed by atoms with Gasteiger partial charge in [0, 0.05) is 49.9 Å². The summed E-state index contributed by atoms with van der Waals surface area (Å²) in [6, 6.07) is 9.87. The van der Waals surface area contributed by atoms with Crippen LogP contribution in [0.5, 0.6) is 0 Å². The minimum Gasteiger partial charge on any atom is -0.443 e. The van der Waals surface area contributed by atoms with Crippen LogP contribution in [-0.4, -0.2) is 80.2 Å². The van der Waals surface area contributed by atoms with E-state index in [1.807, 2.05) is 24.1 Å². The molecule has 0 spiro atoms. The van der Waals surface area contributed by atoms with Gasteiger partial charge in [0.15, 0.2) is 0 Å². The van der Waals surface area contributed by atoms with Gasteiger partial charge in [-0.15, -0.1) is 0 Å². The van der Waals surface area contributed by atoms with Gasteiger partial charge in [-0.1, -0.05) is 40.0 Å². The van der Waals surface area contributed by atoms with Crippen molar-refractivity contribution >= 4 is 56.6 Å². The molecule has 1 unspecified atom stereocenters. The molecule has 2 heterocycles. The van der Waals surface area contributed by atoms with Crippen LogP contribution in [0.25, 0.3) is 11.4 Å². The van der Waals surface area contributed by atoms with E-state index in [4.69, 9.17) is 44.1 Å². The monoisotopic (exact) mass is 587 g/mol. The van der Waals surface area contributed by atoms with Gasteiger partial charge in [-0.3, -0.25) is 4.90 Å². The molecule has 0 N–H and O–H groups in total. The number of rotatable bonds is 9. The summed E-state index contributed by atoms with van der Waals surface area (Å²) in [5.74, 6) is 0.940. The van der Waals surface area contributed by atoms with Crippen LogP contribution in [0.15, 0.2) is 45.8 Å². The van der Waals surface area contributed by atoms with Crippen molar-refractivity contribution in [3.8, 4) is 11.4 Å². The lowest BCUT2D eigenvalue weighted by atomic mass is 10.2. The Balaban J connectivity index is 1.32. The SMILES string of the molecule is Cc1nc(-c2ccc(N3CC(CN(C)CCN(C)S(=O)(=O)c4c(Cl)cc(Cl)cc4Cl)OC3=O)cc2)no1. The van der Waals surface area contributed by atoms with E-state index in [1.54, 1.807) is 24.0 Å². The van der Waals surface area contributed by atoms with Crippen molar-refractivity contribution in [2.75, 3.05) is 45.2 Å². The molecule has 1 aromatic heterocycles. The third-order valence-electron chi connectivity index (χ3n) is 5.78. The molecule has 1 atom stereocenters. The van der Waals surface area contributed by atoms with Gasteiger partial charge in [0.1, 0.15) is 11.0 Å². The highest BCUT2D eigenvalue weighted by Gasteiger charge is 2.33. The van der Waals surface area contributed by atoms with Crippen LogP contribution in [0.4, 0.5) is 10.5 Å². The predicted octanol–water partition coefficient (Wildman–Crippen LogP) is 4.58. The number of halogens is 3. The summed E-state index contributed by atoms with van der Waals surface area (Å²) in [6.07, 6.45) is -0.840. The fourth-order valence-electron chi connectivity index (χ4n) is 3.84. The molecule has 14 heteroatoms. The first-order chi connectivity index (χ1) is 17.5. The van der Waals surface area contributed by atoms with E-state index < -0.39 is 16.1 Å². The van der Waals surface area contributed by atoms with E-state index in [2.05, 4.69) is 10.1 Å². The largest absolute Gasteiger partial charge is 0.443 e. The molecule has 1 aliphatic heterocycles. The number of sulfonamides is 1. The lowest BCUT2D eigenvalue weighted by Gasteiger charge is -2.24. The molecular weight excluding hydrogens is 565 g/mol. The second-order valence-electron chi connectivity index (χ2n) is 8.59. The maximum atomic E-state index is 13.0. The summed E-state index contributed by atoms with van der Waals surface area (Å²) in [7, 11) is -0.674. The second-order valence-corrected chi connectivity index (χ2v) is 11.8. The lowest BCUT2D eigenvalue weighted by molar-refractivity contribution is 0.116. The Morgan fingerprint density at radius 3 is 2.32 bits per heavy atom. The van der Waals surface area contributed by atoms with Crippen molar-refractivity contribution in [1.29, 1.82) is 0 Å². The third kappa shape index (κ3) is 6.19. The van der Waals surface area contributed by atoms with Gasteiger partial charge in [-0.25, -0.2) is 13.2 Å². The highest BCUT2D eigenvalue weighted by atomic mass is 35.5. The molecule has 0 saturated carbocycles. The highest BCUT2D eigenvalue weighted by Crippen LogP contribution is 2.34. The number of carbonyl (C=O) groups is 1. The quantitative estimate of drug-likeness (QED) is 0.357. The zero-order valence-electron chi connectivity index (χ0n) is 20.2. The molecule has 4 rings (SSSR count). The van der Waals surface area contributed by atoms with Crippen molar-refractivity contribution < 1.29 is 22.5 Å². The van der Waals surface area contributed by atoms with E-state index in [0.29, 0.717) is 37.0 Å². The standard InChI is InChI=1S/C23H24Cl3N5O5S/c1-14-27-22(28-36-14)15-4-6-17(7-5-15)31-13-18(35-23(31)32)12-29(2)8-9-30(3)37(33,34)21-19(25)10-16(24)11-20(21)26/h4-7,10-11,18H,8-9,12-13H2,1-3H3. The Kier molecular flexibility index (Phi) is 8.32. The van der Waals surface area contributed by atoms with Gasteiger partial charge in [0.05, 0.1) is 16.6 Å². The van der Waals surface area contributed by atoms with Crippen LogP contribution in [0, 0.1) is 6.92 Å². The first-order valence-corrected chi connectivity index (χ1v) is 13.7. The number of nitrogens with zero attached hydrogens (tertiary/aromatic N) is 5. The molecule has 2 aromatic carbocycles. The number of hydrogen-bond acceptors (Lipinski definition) is 8. The highest BCUT2D eigenvalue weighted by molar-refractivity contribution is 7.89. The predicted molar refractivity (Wildman–Crippen MR) is 141 cm³/mol. The zero-order chi connectivity index (χ0) is 26.9. The van der Waals surface area contributed by atoms with Crippen molar-refractivity contribution in [2.45, 2.75) is 17.9 Å². The number of ether oxygens (including phenoxy) is 1. The average Bonchev–Trinajstić information content (AvgIpc) is 3.41. The Morgan fingerprint density at radius 2 is 1.73 bits per heavy atom. The van der Waals surface area contributed by atoms with Crippen LogP contribution in [0.1, 0.15) is 5.89 Å². The summed E-state index contributed by atoms with van der Waals surface area (Å²) in [5, 5.41) is 4.04. The molecule has 1 amide bonds. The minimum absolute atomic E-state index is 0.0453. The van der Waals surface area contributed by atoms with Crippen molar-refractivity contribution in [3.63, 3.8) is 0 Å². The summed E-state index contributed by atoms with van der Waals surface area (Å²) < 4.78 is 37.7. The van der Waals surface area contributed by atoms with E-state index in [1.165, 1.54) is 23.5 Å². The summed E-state index contributed by atoms with van der Waals surface area (Å²) in [4.78, 5) is 19.9. The van der Waals surface area contributed by atoms with Crippen LogP contribution < -0.4 is 4.90 Å². The number of aromatic nitrogens is 2. The third-order valence-corrected chi connectivity index (χ3v) is 8.78. The van der Waals surface area contributed by atoms with Crippen molar-refractivity contribution in [2.24, 2.45) is 0 Å². The molecule has 1 aliphatic rings. The first kappa shape index (κ1) is 27.6. The maximum Gasteiger partial charge on any atom is 0.414 e. The fourth-order valence-corrected chi connectivity index (χ4v) is 6.48. The molecule has 37 heavy (non-hydrogen) atoms. The maximum absolute atomic E-state index is 13.0. The van der Waals surface area contributed by atoms with Crippen molar-refractivity contribution in [1.82, 2.24) is 19.3 Å². The van der Waals surface area contributed by atoms with E-state index in [-0.39, 0.29) is 32.6 Å². The molecular formula is C23H24Cl3N5O5S. The Morgan fingerprint density at radius 1 is 1.08 bits per heavy atom. The molecule has 198 valence electrons. The molecule has 1 fully saturated rings. The van der Waals surface area contributed by atoms with E-state index in [9.17, 15) is 13.2 Å². The van der Waals surface area contributed by atoms with Crippen LogP contribution in [0.3, 0.4) is 0 Å². The lowest BCUT2D eigenvalue weighted by Crippen LogP contribution is -2.38. The Hall–Kier alpha value is -2.41. The van der Waals surface area contributed by atoms with Gasteiger partial charge in [-0.05, 0) is 43.4 Å². The number of benzene rings is 2. The fraction of sp³-hybridized carbons (Fsp3) is 0.348. The summed E-state index contributed by atoms with van der Waals surface area (Å²) in [6.45, 7) is 3.03. The topological polar surface area (TPSA) is 109 Å². The van der Waals surface area contributed by atoms with Gasteiger partial charge in [0.25, 0.3) is 0 Å². The molecule has 0 bridgehead atoms. The van der Waals surface area contributed by atoms with Crippen LogP contribution in [0.2, 0.25) is 15.1 Å². The minimum atomic E-state index is -3.94. The molecule has 0 radical (unpaired) electrons. The first-order valence-electron chi connectivity index (χ1n) is 11.1. The number of carbonyl (C=O) groups excluding carboxylic acids is 1. The molecule has 0 aliphatic carbocycles. The number of aryl methyl sites for hydroxylation is 1. The summed E-state index contributed by atoms with van der Waals surface area (Å²) in [5.41, 5.74) is 1.45. The van der Waals surface area contributed by atoms with Gasteiger partial charge in [0.2, 0.25) is 21.7 Å². The molecule has 1 saturated heterocycles. The number of cyclic esters (lactones) is 1. The zero-order valence-corrected chi connectivity index (χ0v) is 23.3. The number of hydrogen-bond donors (Lipinski definition) is 0. The molecule has 10 nitrogen and oxygen atoms in total. The number of anilines is 1. The van der Waals surface area contributed by atoms with E-state index in [0.717, 1.165) is 5.56 Å². The van der Waals surface area contributed by atoms with Crippen LogP contribution >= 0.6 is 34.8 Å². The second kappa shape index (κ2) is 11.1. The Labute approximate surface area is 229 Å². The molecule has 3 aromatic rings. The Bertz CT molecular complexity index is 1380. The smallest absolute Gasteiger partial charge is 0.414 e. The van der Waals surface area contributed by atoms with Gasteiger partial charge >= 0.3 is 6.09 Å². The average molecular weight is 589 g/mol.